The average molecular weight is 271 g/mol. The molecule has 5 heteroatoms. The van der Waals surface area contributed by atoms with E-state index in [1.807, 2.05) is 10.5 Å². The predicted octanol–water partition coefficient (Wildman–Crippen LogP) is 2.76. The number of pyridine rings is 1. The Morgan fingerprint density at radius 1 is 1.30 bits per heavy atom. The van der Waals surface area contributed by atoms with Crippen LogP contribution in [-0.4, -0.2) is 19.5 Å². The summed E-state index contributed by atoms with van der Waals surface area (Å²) in [6.07, 6.45) is 4.61. The summed E-state index contributed by atoms with van der Waals surface area (Å²) in [4.78, 5) is 6.99. The van der Waals surface area contributed by atoms with Crippen molar-refractivity contribution in [3.63, 3.8) is 0 Å². The lowest BCUT2D eigenvalue weighted by atomic mass is 10.2. The molecule has 3 heterocycles. The fourth-order valence-electron chi connectivity index (χ4n) is 2.72. The van der Waals surface area contributed by atoms with E-state index in [4.69, 9.17) is 0 Å². The number of fused-ring (bicyclic) bond motifs is 1. The van der Waals surface area contributed by atoms with Gasteiger partial charge in [0.15, 0.2) is 6.10 Å². The lowest BCUT2D eigenvalue weighted by molar-refractivity contribution is 0.204. The van der Waals surface area contributed by atoms with Crippen molar-refractivity contribution < 1.29 is 9.50 Å². The molecule has 0 aliphatic heterocycles. The number of nitrogens with one attached hydrogen (secondary N) is 1. The van der Waals surface area contributed by atoms with Gasteiger partial charge in [-0.1, -0.05) is 0 Å². The van der Waals surface area contributed by atoms with Gasteiger partial charge in [-0.15, -0.1) is 0 Å². The molecule has 4 rings (SSSR count). The Hall–Kier alpha value is -2.14. The topological polar surface area (TPSA) is 53.3 Å². The summed E-state index contributed by atoms with van der Waals surface area (Å²) in [5.74, 6) is 0.669. The highest BCUT2D eigenvalue weighted by atomic mass is 19.1. The van der Waals surface area contributed by atoms with Gasteiger partial charge in [0, 0.05) is 18.1 Å². The number of halogens is 1. The number of rotatable bonds is 3. The van der Waals surface area contributed by atoms with Crippen molar-refractivity contribution in [2.24, 2.45) is 0 Å². The van der Waals surface area contributed by atoms with Gasteiger partial charge >= 0.3 is 0 Å². The zero-order chi connectivity index (χ0) is 13.7. The van der Waals surface area contributed by atoms with Crippen LogP contribution in [0, 0.1) is 5.82 Å². The van der Waals surface area contributed by atoms with Gasteiger partial charge in [0.05, 0.1) is 11.2 Å². The molecule has 1 aliphatic rings. The molecule has 1 saturated carbocycles. The number of aromatic nitrogens is 3. The predicted molar refractivity (Wildman–Crippen MR) is 72.0 cm³/mol. The summed E-state index contributed by atoms with van der Waals surface area (Å²) in [5.41, 5.74) is 2.22. The summed E-state index contributed by atoms with van der Waals surface area (Å²) in [5, 5.41) is 10.5. The van der Waals surface area contributed by atoms with E-state index in [1.54, 1.807) is 24.5 Å². The number of nitrogens with zero attached hydrogens (tertiary/aromatic N) is 2. The Bertz CT molecular complexity index is 759. The van der Waals surface area contributed by atoms with Crippen molar-refractivity contribution in [3.8, 4) is 0 Å². The minimum Gasteiger partial charge on any atom is -0.379 e. The maximum atomic E-state index is 13.9. The largest absolute Gasteiger partial charge is 0.379 e. The molecule has 0 aromatic carbocycles. The second-order valence-corrected chi connectivity index (χ2v) is 5.24. The number of aliphatic hydroxyl groups is 1. The van der Waals surface area contributed by atoms with E-state index in [9.17, 15) is 9.50 Å². The van der Waals surface area contributed by atoms with E-state index < -0.39 is 6.10 Å². The fourth-order valence-corrected chi connectivity index (χ4v) is 2.72. The van der Waals surface area contributed by atoms with Crippen molar-refractivity contribution >= 4 is 5.52 Å². The number of hydrogen-bond acceptors (Lipinski definition) is 2. The first-order valence-electron chi connectivity index (χ1n) is 6.73. The van der Waals surface area contributed by atoms with Crippen LogP contribution in [0.5, 0.6) is 0 Å². The molecule has 3 aromatic rings. The normalized spacial score (nSPS) is 16.7. The fraction of sp³-hybridized carbons (Fsp3) is 0.267. The van der Waals surface area contributed by atoms with Crippen LogP contribution < -0.4 is 0 Å². The minimum absolute atomic E-state index is 0.271. The summed E-state index contributed by atoms with van der Waals surface area (Å²) in [6, 6.07) is 6.75. The Balaban J connectivity index is 1.94. The quantitative estimate of drug-likeness (QED) is 0.769. The maximum absolute atomic E-state index is 13.9. The van der Waals surface area contributed by atoms with Crippen molar-refractivity contribution in [1.29, 1.82) is 0 Å². The molecule has 0 amide bonds. The first-order valence-corrected chi connectivity index (χ1v) is 6.73. The molecular formula is C15H14FN3O. The molecule has 4 nitrogen and oxygen atoms in total. The summed E-state index contributed by atoms with van der Waals surface area (Å²) >= 11 is 0. The van der Waals surface area contributed by atoms with E-state index >= 15 is 0 Å². The lowest BCUT2D eigenvalue weighted by Crippen LogP contribution is -2.10. The molecule has 0 saturated heterocycles. The molecule has 20 heavy (non-hydrogen) atoms. The first-order chi connectivity index (χ1) is 9.75. The number of imidazole rings is 1. The third-order valence-electron chi connectivity index (χ3n) is 3.87. The Morgan fingerprint density at radius 2 is 2.15 bits per heavy atom. The second kappa shape index (κ2) is 4.18. The van der Waals surface area contributed by atoms with E-state index in [1.165, 1.54) is 6.07 Å². The Morgan fingerprint density at radius 3 is 2.85 bits per heavy atom. The van der Waals surface area contributed by atoms with Crippen LogP contribution >= 0.6 is 0 Å². The highest BCUT2D eigenvalue weighted by Crippen LogP contribution is 2.41. The van der Waals surface area contributed by atoms with Crippen LogP contribution in [0.1, 0.15) is 42.1 Å². The van der Waals surface area contributed by atoms with Crippen molar-refractivity contribution in [2.45, 2.75) is 24.9 Å². The zero-order valence-corrected chi connectivity index (χ0v) is 10.8. The van der Waals surface area contributed by atoms with E-state index in [0.717, 1.165) is 18.5 Å². The van der Waals surface area contributed by atoms with Gasteiger partial charge in [-0.2, -0.15) is 0 Å². The average Bonchev–Trinajstić information content (AvgIpc) is 2.99. The molecule has 1 atom stereocenters. The summed E-state index contributed by atoms with van der Waals surface area (Å²) < 4.78 is 15.8. The third kappa shape index (κ3) is 1.67. The molecule has 3 aromatic heterocycles. The third-order valence-corrected chi connectivity index (χ3v) is 3.87. The monoisotopic (exact) mass is 271 g/mol. The number of H-pyrrole nitrogens is 1. The van der Waals surface area contributed by atoms with Gasteiger partial charge in [0.25, 0.3) is 0 Å². The van der Waals surface area contributed by atoms with Crippen LogP contribution in [0.4, 0.5) is 4.39 Å². The molecule has 2 N–H and O–H groups in total. The standard InChI is InChI=1S/C15H14FN3O/c16-10-3-4-13(14(20)15-17-7-8-18-15)19-11(9-1-2-9)5-6-12(10)19/h3-9,14,20H,1-2H2,(H,17,18). The van der Waals surface area contributed by atoms with E-state index in [2.05, 4.69) is 9.97 Å². The van der Waals surface area contributed by atoms with Crippen molar-refractivity contribution in [2.75, 3.05) is 0 Å². The summed E-state index contributed by atoms with van der Waals surface area (Å²) in [6.45, 7) is 0. The van der Waals surface area contributed by atoms with Gasteiger partial charge < -0.3 is 14.5 Å². The smallest absolute Gasteiger partial charge is 0.152 e. The molecule has 1 fully saturated rings. The van der Waals surface area contributed by atoms with Crippen molar-refractivity contribution in [1.82, 2.24) is 14.4 Å². The van der Waals surface area contributed by atoms with Gasteiger partial charge in [-0.25, -0.2) is 9.37 Å². The van der Waals surface area contributed by atoms with Crippen LogP contribution in [0.15, 0.2) is 36.7 Å². The first kappa shape index (κ1) is 11.7. The lowest BCUT2D eigenvalue weighted by Gasteiger charge is -2.14. The Kier molecular flexibility index (Phi) is 2.44. The number of aliphatic hydroxyl groups excluding tert-OH is 1. The van der Waals surface area contributed by atoms with E-state index in [0.29, 0.717) is 23.0 Å². The van der Waals surface area contributed by atoms with Gasteiger partial charge in [0.2, 0.25) is 0 Å². The van der Waals surface area contributed by atoms with Gasteiger partial charge in [-0.3, -0.25) is 0 Å². The van der Waals surface area contributed by atoms with Gasteiger partial charge in [-0.05, 0) is 43.0 Å². The molecule has 102 valence electrons. The van der Waals surface area contributed by atoms with E-state index in [-0.39, 0.29) is 5.82 Å². The number of aromatic amines is 1. The SMILES string of the molecule is OC(c1ncc[nH]1)c1ccc(F)c2ccc(C3CC3)n12. The second-order valence-electron chi connectivity index (χ2n) is 5.24. The molecule has 0 bridgehead atoms. The molecular weight excluding hydrogens is 257 g/mol. The molecule has 1 unspecified atom stereocenters. The molecule has 1 aliphatic carbocycles. The van der Waals surface area contributed by atoms with Crippen molar-refractivity contribution in [3.05, 3.63) is 59.7 Å². The maximum Gasteiger partial charge on any atom is 0.152 e. The minimum atomic E-state index is -0.891. The molecule has 0 radical (unpaired) electrons. The highest BCUT2D eigenvalue weighted by molar-refractivity contribution is 5.54. The summed E-state index contributed by atoms with van der Waals surface area (Å²) in [7, 11) is 0. The molecule has 0 spiro atoms. The van der Waals surface area contributed by atoms with Crippen LogP contribution in [0.2, 0.25) is 0 Å². The zero-order valence-electron chi connectivity index (χ0n) is 10.8. The van der Waals surface area contributed by atoms with Crippen LogP contribution in [0.25, 0.3) is 5.52 Å². The van der Waals surface area contributed by atoms with Crippen LogP contribution in [-0.2, 0) is 0 Å². The van der Waals surface area contributed by atoms with Crippen LogP contribution in [0.3, 0.4) is 0 Å². The highest BCUT2D eigenvalue weighted by Gasteiger charge is 2.29. The number of hydrogen-bond donors (Lipinski definition) is 2. The Labute approximate surface area is 114 Å². The van der Waals surface area contributed by atoms with Gasteiger partial charge in [0.1, 0.15) is 11.6 Å².